The molecule has 0 spiro atoms. The highest BCUT2D eigenvalue weighted by Crippen LogP contribution is 2.25. The summed E-state index contributed by atoms with van der Waals surface area (Å²) < 4.78 is 30.2. The van der Waals surface area contributed by atoms with E-state index in [2.05, 4.69) is 20.4 Å². The van der Waals surface area contributed by atoms with Crippen LogP contribution in [0.15, 0.2) is 53.3 Å². The van der Waals surface area contributed by atoms with Gasteiger partial charge in [0.1, 0.15) is 11.3 Å². The molecule has 0 aliphatic carbocycles. The topological polar surface area (TPSA) is 86.1 Å². The van der Waals surface area contributed by atoms with Crippen molar-refractivity contribution >= 4 is 22.5 Å². The fourth-order valence-electron chi connectivity index (χ4n) is 2.36. The van der Waals surface area contributed by atoms with Gasteiger partial charge in [0.15, 0.2) is 0 Å². The molecule has 0 fully saturated rings. The maximum atomic E-state index is 12.4. The molecule has 0 unspecified atom stereocenters. The average Bonchev–Trinajstić information content (AvgIpc) is 2.63. The number of aryl methyl sites for hydroxylation is 1. The predicted molar refractivity (Wildman–Crippen MR) is 90.1 cm³/mol. The van der Waals surface area contributed by atoms with Crippen molar-refractivity contribution in [2.75, 3.05) is 5.32 Å². The van der Waals surface area contributed by atoms with Crippen molar-refractivity contribution in [3.05, 3.63) is 58.9 Å². The number of hydrogen-bond donors (Lipinski definition) is 1. The molecule has 9 heteroatoms. The van der Waals surface area contributed by atoms with Crippen LogP contribution >= 0.6 is 0 Å². The number of nitrogens with one attached hydrogen (secondary N) is 1. The number of carbonyl (C=O) groups excluding carboxylic acids is 1. The van der Waals surface area contributed by atoms with Crippen LogP contribution in [-0.4, -0.2) is 27.5 Å². The number of alkyl halides is 2. The van der Waals surface area contributed by atoms with Gasteiger partial charge in [-0.15, -0.1) is 5.10 Å². The Morgan fingerprint density at radius 2 is 1.88 bits per heavy atom. The molecule has 0 bridgehead atoms. The number of carbonyl (C=O) groups is 1. The lowest BCUT2D eigenvalue weighted by Gasteiger charge is -2.11. The number of anilines is 1. The van der Waals surface area contributed by atoms with Crippen LogP contribution in [0.3, 0.4) is 0 Å². The largest absolute Gasteiger partial charge is 0.433 e. The molecule has 1 amide bonds. The maximum Gasteiger partial charge on any atom is 0.387 e. The predicted octanol–water partition coefficient (Wildman–Crippen LogP) is 2.42. The van der Waals surface area contributed by atoms with Gasteiger partial charge in [0.2, 0.25) is 5.91 Å². The third-order valence-electron chi connectivity index (χ3n) is 3.56. The van der Waals surface area contributed by atoms with Crippen molar-refractivity contribution in [1.82, 2.24) is 15.0 Å². The normalized spacial score (nSPS) is 10.9. The molecule has 7 nitrogen and oxygen atoms in total. The summed E-state index contributed by atoms with van der Waals surface area (Å²) in [5.74, 6) is -0.615. The van der Waals surface area contributed by atoms with Gasteiger partial charge in [-0.25, -0.2) is 4.68 Å². The minimum atomic E-state index is -3.00. The standard InChI is InChI=1S/C17H14F2N4O3/c18-17(19)26-14-8-4-3-7-13(14)20-15(24)9-10-23-16(25)11-5-1-2-6-12(11)21-22-23/h1-8,17H,9-10H2,(H,20,24). The van der Waals surface area contributed by atoms with Crippen molar-refractivity contribution < 1.29 is 18.3 Å². The molecule has 1 heterocycles. The van der Waals surface area contributed by atoms with E-state index >= 15 is 0 Å². The summed E-state index contributed by atoms with van der Waals surface area (Å²) in [5.41, 5.74) is 0.232. The second-order valence-corrected chi connectivity index (χ2v) is 5.31. The Labute approximate surface area is 146 Å². The number of nitrogens with zero attached hydrogens (tertiary/aromatic N) is 3. The molecular formula is C17H14F2N4O3. The molecule has 3 aromatic rings. The van der Waals surface area contributed by atoms with Gasteiger partial charge in [0, 0.05) is 6.42 Å². The number of benzene rings is 2. The lowest BCUT2D eigenvalue weighted by atomic mass is 10.2. The van der Waals surface area contributed by atoms with E-state index in [0.717, 1.165) is 4.68 Å². The van der Waals surface area contributed by atoms with Crippen molar-refractivity contribution in [2.24, 2.45) is 0 Å². The Morgan fingerprint density at radius 1 is 1.15 bits per heavy atom. The fourth-order valence-corrected chi connectivity index (χ4v) is 2.36. The van der Waals surface area contributed by atoms with E-state index in [0.29, 0.717) is 10.9 Å². The van der Waals surface area contributed by atoms with Crippen molar-refractivity contribution in [3.63, 3.8) is 0 Å². The summed E-state index contributed by atoms with van der Waals surface area (Å²) in [5, 5.41) is 10.6. The van der Waals surface area contributed by atoms with E-state index in [9.17, 15) is 18.4 Å². The average molecular weight is 360 g/mol. The van der Waals surface area contributed by atoms with Gasteiger partial charge >= 0.3 is 6.61 Å². The van der Waals surface area contributed by atoms with Crippen LogP contribution in [-0.2, 0) is 11.3 Å². The first-order valence-electron chi connectivity index (χ1n) is 7.71. The van der Waals surface area contributed by atoms with E-state index in [1.807, 2.05) is 0 Å². The Bertz CT molecular complexity index is 991. The lowest BCUT2D eigenvalue weighted by Crippen LogP contribution is -2.26. The highest BCUT2D eigenvalue weighted by atomic mass is 19.3. The molecule has 1 aromatic heterocycles. The number of fused-ring (bicyclic) bond motifs is 1. The molecule has 0 aliphatic rings. The summed E-state index contributed by atoms with van der Waals surface area (Å²) in [4.78, 5) is 24.4. The number of aromatic nitrogens is 3. The Balaban J connectivity index is 1.69. The molecule has 0 saturated carbocycles. The highest BCUT2D eigenvalue weighted by Gasteiger charge is 2.12. The number of halogens is 2. The van der Waals surface area contributed by atoms with Crippen molar-refractivity contribution in [3.8, 4) is 5.75 Å². The van der Waals surface area contributed by atoms with Crippen LogP contribution in [0.5, 0.6) is 5.75 Å². The maximum absolute atomic E-state index is 12.4. The number of para-hydroxylation sites is 2. The Morgan fingerprint density at radius 3 is 2.69 bits per heavy atom. The van der Waals surface area contributed by atoms with Gasteiger partial charge in [-0.05, 0) is 24.3 Å². The van der Waals surface area contributed by atoms with E-state index in [4.69, 9.17) is 0 Å². The van der Waals surface area contributed by atoms with Gasteiger partial charge in [-0.2, -0.15) is 8.78 Å². The molecule has 0 aliphatic heterocycles. The van der Waals surface area contributed by atoms with Gasteiger partial charge in [0.05, 0.1) is 17.6 Å². The zero-order valence-electron chi connectivity index (χ0n) is 13.4. The number of rotatable bonds is 6. The zero-order chi connectivity index (χ0) is 18.5. The molecule has 134 valence electrons. The minimum Gasteiger partial charge on any atom is -0.433 e. The highest BCUT2D eigenvalue weighted by molar-refractivity contribution is 5.92. The van der Waals surface area contributed by atoms with Crippen LogP contribution in [0.4, 0.5) is 14.5 Å². The molecule has 1 N–H and O–H groups in total. The minimum absolute atomic E-state index is 0.000369. The van der Waals surface area contributed by atoms with E-state index < -0.39 is 12.5 Å². The summed E-state index contributed by atoms with van der Waals surface area (Å²) in [7, 11) is 0. The van der Waals surface area contributed by atoms with Gasteiger partial charge < -0.3 is 10.1 Å². The number of ether oxygens (including phenoxy) is 1. The molecule has 3 rings (SSSR count). The van der Waals surface area contributed by atoms with Crippen LogP contribution in [0, 0.1) is 0 Å². The van der Waals surface area contributed by atoms with E-state index in [-0.39, 0.29) is 30.0 Å². The molecule has 0 radical (unpaired) electrons. The van der Waals surface area contributed by atoms with E-state index in [1.54, 1.807) is 30.3 Å². The molecule has 0 saturated heterocycles. The smallest absolute Gasteiger partial charge is 0.387 e. The third kappa shape index (κ3) is 4.00. The summed E-state index contributed by atoms with van der Waals surface area (Å²) in [6.45, 7) is -3.00. The number of amides is 1. The first kappa shape index (κ1) is 17.5. The molecule has 2 aromatic carbocycles. The van der Waals surface area contributed by atoms with Crippen molar-refractivity contribution in [1.29, 1.82) is 0 Å². The van der Waals surface area contributed by atoms with Crippen LogP contribution in [0.2, 0.25) is 0 Å². The van der Waals surface area contributed by atoms with Gasteiger partial charge in [-0.1, -0.05) is 29.5 Å². The first-order valence-corrected chi connectivity index (χ1v) is 7.71. The fraction of sp³-hybridized carbons (Fsp3) is 0.176. The monoisotopic (exact) mass is 360 g/mol. The third-order valence-corrected chi connectivity index (χ3v) is 3.56. The van der Waals surface area contributed by atoms with Crippen LogP contribution in [0.1, 0.15) is 6.42 Å². The second-order valence-electron chi connectivity index (χ2n) is 5.31. The SMILES string of the molecule is O=C(CCn1nnc2ccccc2c1=O)Nc1ccccc1OC(F)F. The quantitative estimate of drug-likeness (QED) is 0.730. The van der Waals surface area contributed by atoms with Gasteiger partial charge in [-0.3, -0.25) is 9.59 Å². The van der Waals surface area contributed by atoms with Gasteiger partial charge in [0.25, 0.3) is 5.56 Å². The van der Waals surface area contributed by atoms with Crippen molar-refractivity contribution in [2.45, 2.75) is 19.6 Å². The van der Waals surface area contributed by atoms with Crippen LogP contribution in [0.25, 0.3) is 10.9 Å². The zero-order valence-corrected chi connectivity index (χ0v) is 13.4. The second kappa shape index (κ2) is 7.68. The Kier molecular flexibility index (Phi) is 5.16. The molecule has 26 heavy (non-hydrogen) atoms. The lowest BCUT2D eigenvalue weighted by molar-refractivity contribution is -0.116. The molecular weight excluding hydrogens is 346 g/mol. The Hall–Kier alpha value is -3.36. The first-order chi connectivity index (χ1) is 12.5. The molecule has 0 atom stereocenters. The number of hydrogen-bond acceptors (Lipinski definition) is 5. The van der Waals surface area contributed by atoms with E-state index in [1.165, 1.54) is 18.2 Å². The summed E-state index contributed by atoms with van der Waals surface area (Å²) in [6, 6.07) is 12.6. The van der Waals surface area contributed by atoms with Crippen LogP contribution < -0.4 is 15.6 Å². The summed E-state index contributed by atoms with van der Waals surface area (Å²) >= 11 is 0. The summed E-state index contributed by atoms with van der Waals surface area (Å²) in [6.07, 6.45) is -0.0874.